The van der Waals surface area contributed by atoms with Crippen LogP contribution in [-0.4, -0.2) is 0 Å². The minimum absolute atomic E-state index is 0. The molecule has 1 unspecified atom stereocenters. The standard InChI is InChI=1S/Fe.O.H3P.V/h;;1H3;. The quantitative estimate of drug-likeness (QED) is 0.355. The molecule has 0 spiro atoms. The first-order valence-electron chi connectivity index (χ1n) is 0.144. The summed E-state index contributed by atoms with van der Waals surface area (Å²) in [4.78, 5) is 0. The molecule has 0 aliphatic rings. The van der Waals surface area contributed by atoms with Crippen LogP contribution in [-0.2, 0) is 38.3 Å². The summed E-state index contributed by atoms with van der Waals surface area (Å²) in [5.74, 6) is 0. The third-order valence-electron chi connectivity index (χ3n) is 0. The second-order valence-electron chi connectivity index (χ2n) is 0. The van der Waals surface area contributed by atoms with Gasteiger partial charge in [0.25, 0.3) is 0 Å². The molecule has 0 heterocycles. The first-order chi connectivity index (χ1) is 1.00. The van der Waals surface area contributed by atoms with E-state index in [2.05, 4.69) is 0 Å². The van der Waals surface area contributed by atoms with Crippen LogP contribution in [0.5, 0.6) is 0 Å². The van der Waals surface area contributed by atoms with Gasteiger partial charge in [-0.2, -0.15) is 9.90 Å². The van der Waals surface area contributed by atoms with Crippen LogP contribution in [0.2, 0.25) is 0 Å². The van der Waals surface area contributed by atoms with Crippen LogP contribution in [0.25, 0.3) is 0 Å². The Bertz CT molecular complexity index is 8.00. The average molecular weight is 157 g/mol. The average Bonchev–Trinajstić information content (AvgIpc) is 1.00. The molecule has 0 saturated carbocycles. The molecule has 0 aromatic carbocycles. The maximum absolute atomic E-state index is 8.00. The van der Waals surface area contributed by atoms with Crippen molar-refractivity contribution in [2.24, 2.45) is 0 Å². The predicted octanol–water partition coefficient (Wildman–Crippen LogP) is -0.0657. The summed E-state index contributed by atoms with van der Waals surface area (Å²) in [7, 11) is 0. The molecule has 0 saturated heterocycles. The minimum atomic E-state index is 0. The summed E-state index contributed by atoms with van der Waals surface area (Å²) in [6.45, 7) is 0. The van der Waals surface area contributed by atoms with E-state index in [9.17, 15) is 0 Å². The smallest absolute Gasteiger partial charge is 0 e. The van der Waals surface area contributed by atoms with Gasteiger partial charge in [0.1, 0.15) is 0 Å². The molecule has 4 heteroatoms. The van der Waals surface area contributed by atoms with Gasteiger partial charge < -0.3 is 0 Å². The summed E-state index contributed by atoms with van der Waals surface area (Å²) >= 11 is 2.00. The molecule has 4 heavy (non-hydrogen) atoms. The van der Waals surface area contributed by atoms with Crippen LogP contribution >= 0.6 is 9.90 Å². The van der Waals surface area contributed by atoms with E-state index < -0.39 is 0 Å². The van der Waals surface area contributed by atoms with E-state index in [1.54, 1.807) is 0 Å². The second-order valence-corrected chi connectivity index (χ2v) is 0. The van der Waals surface area contributed by atoms with E-state index in [0.717, 1.165) is 0 Å². The second kappa shape index (κ2) is 27.1. The largest absolute Gasteiger partial charge is 0 e. The van der Waals surface area contributed by atoms with Gasteiger partial charge in [-0.15, -0.1) is 0 Å². The van der Waals surface area contributed by atoms with Crippen LogP contribution in [0, 0.1) is 0 Å². The Morgan fingerprint density at radius 1 is 1.25 bits per heavy atom. The molecule has 0 N–H and O–H groups in total. The number of hydrogen-bond acceptors (Lipinski definition) is 1. The van der Waals surface area contributed by atoms with Gasteiger partial charge in [-0.25, -0.2) is 0 Å². The van der Waals surface area contributed by atoms with Gasteiger partial charge in [0.05, 0.1) is 0 Å². The van der Waals surface area contributed by atoms with Crippen molar-refractivity contribution in [2.45, 2.75) is 0 Å². The molecule has 1 nitrogen and oxygen atoms in total. The van der Waals surface area contributed by atoms with Gasteiger partial charge in [0.15, 0.2) is 0 Å². The summed E-state index contributed by atoms with van der Waals surface area (Å²) < 4.78 is 8.00. The first-order valence-corrected chi connectivity index (χ1v) is 0.595. The van der Waals surface area contributed by atoms with E-state index in [-0.39, 0.29) is 28.5 Å². The fourth-order valence-electron chi connectivity index (χ4n) is 0. The molecule has 0 aliphatic carbocycles. The van der Waals surface area contributed by atoms with E-state index in [1.807, 2.05) is 15.9 Å². The van der Waals surface area contributed by atoms with Crippen LogP contribution in [0.15, 0.2) is 0 Å². The molecular formula is H3FeOPV. The predicted molar refractivity (Wildman–Crippen MR) is 11.8 cm³/mol. The van der Waals surface area contributed by atoms with Crippen LogP contribution in [0.3, 0.4) is 0 Å². The number of hydrogen-bond donors (Lipinski definition) is 0. The van der Waals surface area contributed by atoms with Crippen LogP contribution in [0.4, 0.5) is 0 Å². The van der Waals surface area contributed by atoms with Crippen molar-refractivity contribution in [1.82, 2.24) is 0 Å². The zero-order chi connectivity index (χ0) is 2.00. The maximum Gasteiger partial charge on any atom is 0 e. The molecule has 1 radical (unpaired) electrons. The molecule has 0 amide bonds. The Hall–Kier alpha value is 1.33. The Morgan fingerprint density at radius 3 is 1.25 bits per heavy atom. The fraction of sp³-hybridized carbons (Fsp3) is 0. The third kappa shape index (κ3) is 10.2. The summed E-state index contributed by atoms with van der Waals surface area (Å²) in [6, 6.07) is 0. The monoisotopic (exact) mass is 157 g/mol. The Morgan fingerprint density at radius 2 is 1.25 bits per heavy atom. The van der Waals surface area contributed by atoms with Gasteiger partial charge in [-0.3, -0.25) is 0 Å². The van der Waals surface area contributed by atoms with Crippen molar-refractivity contribution in [3.05, 3.63) is 0 Å². The van der Waals surface area contributed by atoms with Gasteiger partial charge >= 0.3 is 19.8 Å². The maximum atomic E-state index is 8.00. The molecule has 0 aromatic rings. The van der Waals surface area contributed by atoms with E-state index in [1.165, 1.54) is 0 Å². The van der Waals surface area contributed by atoms with E-state index >= 15 is 0 Å². The van der Waals surface area contributed by atoms with Crippen LogP contribution < -0.4 is 0 Å². The summed E-state index contributed by atoms with van der Waals surface area (Å²) in [5.41, 5.74) is 0. The normalized spacial score (nSPS) is 1.25. The molecule has 0 fully saturated rings. The van der Waals surface area contributed by atoms with Crippen molar-refractivity contribution < 1.29 is 38.3 Å². The molecule has 0 aromatic heterocycles. The van der Waals surface area contributed by atoms with Gasteiger partial charge in [0.2, 0.25) is 0 Å². The molecular weight excluding hydrogens is 154 g/mol. The van der Waals surface area contributed by atoms with Crippen molar-refractivity contribution >= 4 is 9.90 Å². The molecule has 27 valence electrons. The van der Waals surface area contributed by atoms with E-state index in [0.29, 0.717) is 0 Å². The van der Waals surface area contributed by atoms with Crippen molar-refractivity contribution in [3.63, 3.8) is 0 Å². The molecule has 0 aliphatic heterocycles. The number of rotatable bonds is 0. The van der Waals surface area contributed by atoms with Crippen molar-refractivity contribution in [2.75, 3.05) is 0 Å². The summed E-state index contributed by atoms with van der Waals surface area (Å²) in [5, 5.41) is 0. The van der Waals surface area contributed by atoms with Crippen molar-refractivity contribution in [1.29, 1.82) is 0 Å². The Kier molecular flexibility index (Phi) is 124. The third-order valence-corrected chi connectivity index (χ3v) is 0. The van der Waals surface area contributed by atoms with E-state index in [4.69, 9.17) is 3.83 Å². The van der Waals surface area contributed by atoms with Crippen molar-refractivity contribution in [3.8, 4) is 0 Å². The molecule has 0 rings (SSSR count). The first kappa shape index (κ1) is 18.4. The Balaban J connectivity index is -0.00000000500. The zero-order valence-corrected chi connectivity index (χ0v) is 5.83. The van der Waals surface area contributed by atoms with Gasteiger partial charge in [-0.05, 0) is 0 Å². The van der Waals surface area contributed by atoms with Crippen LogP contribution in [0.1, 0.15) is 0 Å². The molecule has 0 bridgehead atoms. The molecule has 1 atom stereocenters. The van der Waals surface area contributed by atoms with Gasteiger partial charge in [0, 0.05) is 18.6 Å². The topological polar surface area (TPSA) is 17.1 Å². The fourth-order valence-corrected chi connectivity index (χ4v) is 0. The zero-order valence-electron chi connectivity index (χ0n) is 1.92. The minimum Gasteiger partial charge on any atom is 0 e. The summed E-state index contributed by atoms with van der Waals surface area (Å²) in [6.07, 6.45) is 0. The SMILES string of the molecule is P.[O]=[Fe].[V]. The van der Waals surface area contributed by atoms with Gasteiger partial charge in [-0.1, -0.05) is 0 Å². The Labute approximate surface area is 48.4 Å².